The molecule has 1 nitrogen and oxygen atoms in total. The van der Waals surface area contributed by atoms with Crippen LogP contribution in [0.1, 0.15) is 22.1 Å². The summed E-state index contributed by atoms with van der Waals surface area (Å²) in [6.45, 7) is 17.9. The Morgan fingerprint density at radius 2 is 1.10 bits per heavy atom. The summed E-state index contributed by atoms with van der Waals surface area (Å²) in [4.78, 5) is 0. The van der Waals surface area contributed by atoms with E-state index in [0.29, 0.717) is 0 Å². The highest BCUT2D eigenvalue weighted by Gasteiger charge is 2.68. The maximum atomic E-state index is 8.47. The minimum absolute atomic E-state index is 0.0461. The van der Waals surface area contributed by atoms with E-state index in [9.17, 15) is 0 Å². The first-order chi connectivity index (χ1) is 10.9. The highest BCUT2D eigenvalue weighted by atomic mass is 28.5. The molecule has 0 fully saturated rings. The average Bonchev–Trinajstić information content (AvgIpc) is 2.18. The van der Waals surface area contributed by atoms with Crippen molar-refractivity contribution in [3.63, 3.8) is 0 Å². The highest BCUT2D eigenvalue weighted by Crippen LogP contribution is 2.59. The summed E-state index contributed by atoms with van der Waals surface area (Å²) < 4.78 is 56.7. The fraction of sp³-hybridized carbons (Fsp3) is 1.00. The molecular weight excluding hydrogens is 309 g/mol. The predicted octanol–water partition coefficient (Wildman–Crippen LogP) is 5.99. The van der Waals surface area contributed by atoms with E-state index in [-0.39, 0.29) is 6.10 Å². The third-order valence-electron chi connectivity index (χ3n) is 4.43. The van der Waals surface area contributed by atoms with Crippen molar-refractivity contribution in [2.75, 3.05) is 0 Å². The molecule has 0 rings (SSSR count). The quantitative estimate of drug-likeness (QED) is 0.532. The molecule has 0 unspecified atom stereocenters. The van der Waals surface area contributed by atoms with Gasteiger partial charge in [-0.15, -0.1) is 0 Å². The van der Waals surface area contributed by atoms with Crippen LogP contribution in [0.15, 0.2) is 0 Å². The summed E-state index contributed by atoms with van der Waals surface area (Å²) in [7, 11) is -11.1. The zero-order valence-electron chi connectivity index (χ0n) is 21.5. The first-order valence-electron chi connectivity index (χ1n) is 10.6. The van der Waals surface area contributed by atoms with Gasteiger partial charge < -0.3 is 4.43 Å². The first-order valence-corrected chi connectivity index (χ1v) is 20.0. The zero-order valence-corrected chi connectivity index (χ0v) is 19.5. The van der Waals surface area contributed by atoms with Gasteiger partial charge in [-0.05, 0) is 30.8 Å². The van der Waals surface area contributed by atoms with Crippen LogP contribution in [0.4, 0.5) is 0 Å². The van der Waals surface area contributed by atoms with E-state index in [1.165, 1.54) is 0 Å². The van der Waals surface area contributed by atoms with E-state index in [2.05, 4.69) is 52.4 Å². The van der Waals surface area contributed by atoms with Crippen LogP contribution in [-0.4, -0.2) is 38.6 Å². The van der Waals surface area contributed by atoms with E-state index in [1.807, 2.05) is 13.8 Å². The second-order valence-corrected chi connectivity index (χ2v) is 29.6. The lowest BCUT2D eigenvalue weighted by molar-refractivity contribution is 0.229. The molecule has 0 atom stereocenters. The van der Waals surface area contributed by atoms with Crippen LogP contribution >= 0.6 is 0 Å². The largest absolute Gasteiger partial charge is 0.415 e. The summed E-state index contributed by atoms with van der Waals surface area (Å²) in [5.74, 6) is 0. The zero-order chi connectivity index (χ0) is 21.8. The molecule has 0 radical (unpaired) electrons. The molecule has 0 bridgehead atoms. The fourth-order valence-corrected chi connectivity index (χ4v) is 47.9. The van der Waals surface area contributed by atoms with Gasteiger partial charge in [-0.2, -0.15) is 0 Å². The van der Waals surface area contributed by atoms with Gasteiger partial charge in [-0.1, -0.05) is 58.8 Å². The van der Waals surface area contributed by atoms with E-state index in [4.69, 9.17) is 12.7 Å². The summed E-state index contributed by atoms with van der Waals surface area (Å²) >= 11 is 0. The SMILES string of the molecule is [2H]C([2H])([2H])[Si](C)(C([2H])([2H])[2H])C([Si](C)(C)C)([Si](C)(C)C)[Si](C)(C)OC(C)C. The Kier molecular flexibility index (Phi) is 3.56. The van der Waals surface area contributed by atoms with Crippen LogP contribution in [-0.2, 0) is 4.43 Å². The molecular formula is C15H40OSi4. The van der Waals surface area contributed by atoms with Crippen molar-refractivity contribution in [3.05, 3.63) is 0 Å². The third kappa shape index (κ3) is 3.42. The topological polar surface area (TPSA) is 9.23 Å². The Morgan fingerprint density at radius 3 is 1.30 bits per heavy atom. The normalized spacial score (nSPS) is 21.6. The number of rotatable bonds is 6. The van der Waals surface area contributed by atoms with Gasteiger partial charge in [0, 0.05) is 38.6 Å². The Hall–Kier alpha value is 0.828. The second-order valence-electron chi connectivity index (χ2n) is 9.05. The molecule has 0 aliphatic rings. The van der Waals surface area contributed by atoms with Crippen molar-refractivity contribution in [1.29, 1.82) is 0 Å². The van der Waals surface area contributed by atoms with E-state index >= 15 is 0 Å². The van der Waals surface area contributed by atoms with Crippen molar-refractivity contribution in [2.24, 2.45) is 0 Å². The molecule has 0 amide bonds. The molecule has 0 N–H and O–H groups in total. The van der Waals surface area contributed by atoms with Gasteiger partial charge >= 0.3 is 0 Å². The van der Waals surface area contributed by atoms with Gasteiger partial charge in [-0.3, -0.25) is 0 Å². The van der Waals surface area contributed by atoms with E-state index in [0.717, 1.165) is 0 Å². The molecule has 0 saturated heterocycles. The molecule has 0 aromatic heterocycles. The van der Waals surface area contributed by atoms with Crippen LogP contribution in [0.3, 0.4) is 0 Å². The van der Waals surface area contributed by atoms with Crippen molar-refractivity contribution in [3.8, 4) is 0 Å². The Morgan fingerprint density at radius 1 is 0.750 bits per heavy atom. The molecule has 0 aliphatic carbocycles. The third-order valence-corrected chi connectivity index (χ3v) is 36.7. The van der Waals surface area contributed by atoms with Gasteiger partial charge in [0.2, 0.25) is 0 Å². The summed E-state index contributed by atoms with van der Waals surface area (Å²) in [6.07, 6.45) is -0.0461. The second kappa shape index (κ2) is 5.79. The number of hydrogen-bond acceptors (Lipinski definition) is 1. The summed E-state index contributed by atoms with van der Waals surface area (Å²) in [5, 5.41) is 0. The Bertz CT molecular complexity index is 472. The fourth-order valence-electron chi connectivity index (χ4n) is 5.71. The first kappa shape index (κ1) is 12.3. The van der Waals surface area contributed by atoms with Gasteiger partial charge in [0.1, 0.15) is 0 Å². The molecule has 0 aromatic carbocycles. The van der Waals surface area contributed by atoms with Crippen molar-refractivity contribution < 1.29 is 12.7 Å². The number of hydrogen-bond donors (Lipinski definition) is 0. The van der Waals surface area contributed by atoms with Gasteiger partial charge in [-0.25, -0.2) is 0 Å². The van der Waals surface area contributed by atoms with Crippen molar-refractivity contribution in [1.82, 2.24) is 0 Å². The minimum atomic E-state index is -3.85. The van der Waals surface area contributed by atoms with Crippen molar-refractivity contribution in [2.45, 2.75) is 95.7 Å². The Balaban J connectivity index is 7.61. The minimum Gasteiger partial charge on any atom is -0.415 e. The molecule has 0 spiro atoms. The summed E-state index contributed by atoms with van der Waals surface area (Å²) in [5.41, 5.74) is 0. The molecule has 0 heterocycles. The lowest BCUT2D eigenvalue weighted by Crippen LogP contribution is -2.76. The van der Waals surface area contributed by atoms with E-state index in [1.54, 1.807) is 6.55 Å². The monoisotopic (exact) mass is 354 g/mol. The van der Waals surface area contributed by atoms with Crippen LogP contribution in [0.2, 0.25) is 75.8 Å². The predicted molar refractivity (Wildman–Crippen MR) is 106 cm³/mol. The smallest absolute Gasteiger partial charge is 0.185 e. The molecule has 0 aliphatic heterocycles. The molecule has 20 heavy (non-hydrogen) atoms. The molecule has 0 aromatic rings. The summed E-state index contributed by atoms with van der Waals surface area (Å²) in [6, 6.07) is 0. The molecule has 0 saturated carbocycles. The Labute approximate surface area is 141 Å². The maximum Gasteiger partial charge on any atom is 0.185 e. The standard InChI is InChI=1S/C15H40OSi4/c1-14(2)16-20(12,13)15(17(3,4)5,18(6,7)8)19(9,10)11/h14H,1-13H3/i3D3,4D3. The van der Waals surface area contributed by atoms with Crippen LogP contribution in [0.5, 0.6) is 0 Å². The van der Waals surface area contributed by atoms with Crippen molar-refractivity contribution >= 4 is 32.5 Å². The van der Waals surface area contributed by atoms with Crippen LogP contribution in [0, 0.1) is 0 Å². The van der Waals surface area contributed by atoms with Gasteiger partial charge in [0.15, 0.2) is 8.32 Å². The van der Waals surface area contributed by atoms with Crippen LogP contribution in [0.25, 0.3) is 0 Å². The van der Waals surface area contributed by atoms with Crippen LogP contribution < -0.4 is 0 Å². The van der Waals surface area contributed by atoms with E-state index < -0.39 is 49.4 Å². The lowest BCUT2D eigenvalue weighted by Gasteiger charge is -2.65. The lowest BCUT2D eigenvalue weighted by atomic mass is 10.5. The molecule has 122 valence electrons. The average molecular weight is 355 g/mol. The molecule has 5 heteroatoms. The maximum absolute atomic E-state index is 8.47. The highest BCUT2D eigenvalue weighted by molar-refractivity contribution is 7.28. The van der Waals surface area contributed by atoms with Gasteiger partial charge in [0.25, 0.3) is 0 Å². The van der Waals surface area contributed by atoms with Gasteiger partial charge in [0.05, 0.1) is 0 Å².